The van der Waals surface area contributed by atoms with Crippen molar-refractivity contribution < 1.29 is 9.13 Å². The van der Waals surface area contributed by atoms with Gasteiger partial charge in [0.1, 0.15) is 0 Å². The topological polar surface area (TPSA) is 53.1 Å². The Kier molecular flexibility index (Phi) is 1.80. The molecule has 0 amide bonds. The molecule has 0 aliphatic rings. The first-order chi connectivity index (χ1) is 6.63. The third-order valence-corrected chi connectivity index (χ3v) is 2.19. The van der Waals surface area contributed by atoms with E-state index >= 15 is 0 Å². The molecule has 0 atom stereocenters. The van der Waals surface area contributed by atoms with Crippen molar-refractivity contribution in [3.63, 3.8) is 0 Å². The second-order valence-electron chi connectivity index (χ2n) is 3.00. The minimum atomic E-state index is -0.432. The van der Waals surface area contributed by atoms with Crippen molar-refractivity contribution in [3.05, 3.63) is 17.9 Å². The van der Waals surface area contributed by atoms with Gasteiger partial charge in [-0.3, -0.25) is 0 Å². The predicted molar refractivity (Wildman–Crippen MR) is 51.6 cm³/mol. The molecule has 0 spiro atoms. The summed E-state index contributed by atoms with van der Waals surface area (Å²) >= 11 is 0. The van der Waals surface area contributed by atoms with Gasteiger partial charge in [0, 0.05) is 19.2 Å². The smallest absolute Gasteiger partial charge is 0.200 e. The molecule has 0 saturated carbocycles. The van der Waals surface area contributed by atoms with E-state index in [1.165, 1.54) is 13.2 Å². The molecule has 5 heteroatoms. The van der Waals surface area contributed by atoms with Gasteiger partial charge in [0.05, 0.1) is 18.1 Å². The number of hydrogen-bond donors (Lipinski definition) is 1. The maximum Gasteiger partial charge on any atom is 0.200 e. The number of anilines is 1. The lowest BCUT2D eigenvalue weighted by Gasteiger charge is -2.02. The summed E-state index contributed by atoms with van der Waals surface area (Å²) < 4.78 is 19.8. The second-order valence-corrected chi connectivity index (χ2v) is 3.00. The fraction of sp³-hybridized carbons (Fsp3) is 0.222. The van der Waals surface area contributed by atoms with Crippen LogP contribution in [0.5, 0.6) is 5.75 Å². The molecule has 2 aromatic rings. The van der Waals surface area contributed by atoms with Crippen molar-refractivity contribution in [3.8, 4) is 5.75 Å². The molecule has 2 N–H and O–H groups in total. The molecule has 0 unspecified atom stereocenters. The zero-order valence-corrected chi connectivity index (χ0v) is 7.91. The summed E-state index contributed by atoms with van der Waals surface area (Å²) in [5.74, 6) is 0.117. The van der Waals surface area contributed by atoms with Crippen LogP contribution in [0.25, 0.3) is 11.0 Å². The first kappa shape index (κ1) is 8.80. The standard InChI is InChI=1S/C9H10FN3O/c1-13-7-4-8(14-2)5(10)3-6(7)12-9(13)11/h3-4H,1-2H3,(H2,11,12). The minimum Gasteiger partial charge on any atom is -0.494 e. The number of imidazole rings is 1. The van der Waals surface area contributed by atoms with E-state index in [2.05, 4.69) is 4.98 Å². The molecule has 0 radical (unpaired) electrons. The summed E-state index contributed by atoms with van der Waals surface area (Å²) in [6, 6.07) is 2.89. The first-order valence-corrected chi connectivity index (χ1v) is 4.09. The highest BCUT2D eigenvalue weighted by Gasteiger charge is 2.10. The van der Waals surface area contributed by atoms with Crippen molar-refractivity contribution in [2.45, 2.75) is 0 Å². The number of fused-ring (bicyclic) bond motifs is 1. The van der Waals surface area contributed by atoms with Crippen molar-refractivity contribution in [2.75, 3.05) is 12.8 Å². The van der Waals surface area contributed by atoms with Crippen LogP contribution in [-0.2, 0) is 7.05 Å². The normalized spacial score (nSPS) is 10.8. The number of halogens is 1. The van der Waals surface area contributed by atoms with Crippen LogP contribution in [0, 0.1) is 5.82 Å². The van der Waals surface area contributed by atoms with E-state index in [-0.39, 0.29) is 5.75 Å². The maximum atomic E-state index is 13.2. The van der Waals surface area contributed by atoms with Crippen LogP contribution in [0.1, 0.15) is 0 Å². The van der Waals surface area contributed by atoms with E-state index in [4.69, 9.17) is 10.5 Å². The molecule has 1 heterocycles. The number of rotatable bonds is 1. The van der Waals surface area contributed by atoms with E-state index in [0.717, 1.165) is 5.52 Å². The van der Waals surface area contributed by atoms with Gasteiger partial charge in [-0.15, -0.1) is 0 Å². The molecule has 74 valence electrons. The molecular formula is C9H10FN3O. The average molecular weight is 195 g/mol. The highest BCUT2D eigenvalue weighted by atomic mass is 19.1. The largest absolute Gasteiger partial charge is 0.494 e. The van der Waals surface area contributed by atoms with Crippen LogP contribution in [0.15, 0.2) is 12.1 Å². The van der Waals surface area contributed by atoms with Crippen molar-refractivity contribution in [1.29, 1.82) is 0 Å². The summed E-state index contributed by atoms with van der Waals surface area (Å²) in [5.41, 5.74) is 6.86. The number of nitrogen functional groups attached to an aromatic ring is 1. The molecule has 0 aliphatic carbocycles. The number of aryl methyl sites for hydroxylation is 1. The lowest BCUT2D eigenvalue weighted by Crippen LogP contribution is -1.96. The Morgan fingerprint density at radius 3 is 2.86 bits per heavy atom. The summed E-state index contributed by atoms with van der Waals surface area (Å²) in [5, 5.41) is 0. The third-order valence-electron chi connectivity index (χ3n) is 2.19. The Bertz CT molecular complexity index is 492. The first-order valence-electron chi connectivity index (χ1n) is 4.09. The highest BCUT2D eigenvalue weighted by molar-refractivity contribution is 5.80. The highest BCUT2D eigenvalue weighted by Crippen LogP contribution is 2.25. The fourth-order valence-electron chi connectivity index (χ4n) is 1.37. The van der Waals surface area contributed by atoms with Gasteiger partial charge < -0.3 is 15.0 Å². The zero-order valence-electron chi connectivity index (χ0n) is 7.91. The molecule has 4 nitrogen and oxygen atoms in total. The predicted octanol–water partition coefficient (Wildman–Crippen LogP) is 1.30. The maximum absolute atomic E-state index is 13.2. The average Bonchev–Trinajstić information content (AvgIpc) is 2.41. The second kappa shape index (κ2) is 2.87. The van der Waals surface area contributed by atoms with Crippen LogP contribution in [0.3, 0.4) is 0 Å². The Hall–Kier alpha value is -1.78. The quantitative estimate of drug-likeness (QED) is 0.746. The lowest BCUT2D eigenvalue weighted by molar-refractivity contribution is 0.387. The molecule has 1 aromatic carbocycles. The van der Waals surface area contributed by atoms with Crippen molar-refractivity contribution in [1.82, 2.24) is 9.55 Å². The number of hydrogen-bond acceptors (Lipinski definition) is 3. The number of methoxy groups -OCH3 is 1. The Morgan fingerprint density at radius 1 is 1.50 bits per heavy atom. The molecule has 14 heavy (non-hydrogen) atoms. The van der Waals surface area contributed by atoms with Gasteiger partial charge in [-0.2, -0.15) is 0 Å². The molecule has 0 bridgehead atoms. The number of ether oxygens (including phenoxy) is 1. The van der Waals surface area contributed by atoms with E-state index in [1.807, 2.05) is 0 Å². The Morgan fingerprint density at radius 2 is 2.21 bits per heavy atom. The molecular weight excluding hydrogens is 185 g/mol. The van der Waals surface area contributed by atoms with Crippen LogP contribution in [0.4, 0.5) is 10.3 Å². The monoisotopic (exact) mass is 195 g/mol. The minimum absolute atomic E-state index is 0.195. The third kappa shape index (κ3) is 1.09. The number of nitrogens with zero attached hydrogens (tertiary/aromatic N) is 2. The van der Waals surface area contributed by atoms with Crippen LogP contribution >= 0.6 is 0 Å². The summed E-state index contributed by atoms with van der Waals surface area (Å²) in [6.07, 6.45) is 0. The molecule has 2 rings (SSSR count). The van der Waals surface area contributed by atoms with Gasteiger partial charge in [-0.25, -0.2) is 9.37 Å². The molecule has 0 saturated heterocycles. The van der Waals surface area contributed by atoms with Crippen molar-refractivity contribution >= 4 is 17.0 Å². The number of aromatic nitrogens is 2. The Balaban J connectivity index is 2.80. The summed E-state index contributed by atoms with van der Waals surface area (Å²) in [4.78, 5) is 3.99. The summed E-state index contributed by atoms with van der Waals surface area (Å²) in [6.45, 7) is 0. The van der Waals surface area contributed by atoms with Crippen LogP contribution in [0.2, 0.25) is 0 Å². The SMILES string of the molecule is COc1cc2c(cc1F)nc(N)n2C. The van der Waals surface area contributed by atoms with Crippen LogP contribution < -0.4 is 10.5 Å². The summed E-state index contributed by atoms with van der Waals surface area (Å²) in [7, 11) is 3.19. The van der Waals surface area contributed by atoms with E-state index in [1.54, 1.807) is 17.7 Å². The van der Waals surface area contributed by atoms with Gasteiger partial charge in [-0.1, -0.05) is 0 Å². The van der Waals surface area contributed by atoms with Gasteiger partial charge in [0.25, 0.3) is 0 Å². The van der Waals surface area contributed by atoms with E-state index in [9.17, 15) is 4.39 Å². The fourth-order valence-corrected chi connectivity index (χ4v) is 1.37. The zero-order chi connectivity index (χ0) is 10.3. The molecule has 1 aromatic heterocycles. The Labute approximate surface area is 80.1 Å². The number of nitrogens with two attached hydrogens (primary N) is 1. The van der Waals surface area contributed by atoms with Crippen LogP contribution in [-0.4, -0.2) is 16.7 Å². The van der Waals surface area contributed by atoms with Gasteiger partial charge in [-0.05, 0) is 0 Å². The van der Waals surface area contributed by atoms with Gasteiger partial charge in [0.2, 0.25) is 5.95 Å². The molecule has 0 aliphatic heterocycles. The lowest BCUT2D eigenvalue weighted by atomic mass is 10.3. The number of benzene rings is 1. The van der Waals surface area contributed by atoms with E-state index in [0.29, 0.717) is 11.5 Å². The molecule has 0 fully saturated rings. The van der Waals surface area contributed by atoms with Gasteiger partial charge >= 0.3 is 0 Å². The van der Waals surface area contributed by atoms with E-state index < -0.39 is 5.82 Å². The van der Waals surface area contributed by atoms with Gasteiger partial charge in [0.15, 0.2) is 11.6 Å². The van der Waals surface area contributed by atoms with Crippen molar-refractivity contribution in [2.24, 2.45) is 7.05 Å².